The molecule has 2 rings (SSSR count). The summed E-state index contributed by atoms with van der Waals surface area (Å²) in [7, 11) is 3.35. The predicted octanol–water partition coefficient (Wildman–Crippen LogP) is 3.52. The third kappa shape index (κ3) is 6.10. The van der Waals surface area contributed by atoms with Gasteiger partial charge in [0.1, 0.15) is 0 Å². The number of nitrogens with one attached hydrogen (secondary N) is 1. The van der Waals surface area contributed by atoms with Crippen molar-refractivity contribution in [1.29, 1.82) is 0 Å². The van der Waals surface area contributed by atoms with Gasteiger partial charge in [0.25, 0.3) is 0 Å². The number of benzene rings is 2. The Morgan fingerprint density at radius 2 is 1.46 bits per heavy atom. The van der Waals surface area contributed by atoms with Crippen molar-refractivity contribution in [2.24, 2.45) is 10.7 Å². The van der Waals surface area contributed by atoms with Gasteiger partial charge in [0.2, 0.25) is 0 Å². The van der Waals surface area contributed by atoms with Crippen LogP contribution in [-0.4, -0.2) is 20.2 Å². The van der Waals surface area contributed by atoms with Crippen LogP contribution in [0.25, 0.3) is 0 Å². The molecule has 0 saturated carbocycles. The Bertz CT molecular complexity index is 662. The number of rotatable bonds is 7. The third-order valence-corrected chi connectivity index (χ3v) is 3.42. The van der Waals surface area contributed by atoms with Gasteiger partial charge >= 0.3 is 0 Å². The molecule has 0 spiro atoms. The SMILES string of the molecule is COCc1ccccc1CN=C(N)Nc1ccccc1COC.I. The minimum Gasteiger partial charge on any atom is -0.380 e. The Kier molecular flexibility index (Phi) is 9.36. The van der Waals surface area contributed by atoms with Gasteiger partial charge in [0.15, 0.2) is 5.96 Å². The molecule has 0 aliphatic rings. The van der Waals surface area contributed by atoms with Crippen LogP contribution in [0.15, 0.2) is 53.5 Å². The number of halogens is 1. The minimum atomic E-state index is 0. The van der Waals surface area contributed by atoms with Crippen LogP contribution in [0.3, 0.4) is 0 Å². The first-order valence-corrected chi connectivity index (χ1v) is 7.44. The number of anilines is 1. The number of para-hydroxylation sites is 1. The van der Waals surface area contributed by atoms with Gasteiger partial charge in [-0.3, -0.25) is 0 Å². The van der Waals surface area contributed by atoms with Crippen LogP contribution in [0.5, 0.6) is 0 Å². The third-order valence-electron chi connectivity index (χ3n) is 3.42. The van der Waals surface area contributed by atoms with E-state index in [1.54, 1.807) is 14.2 Å². The van der Waals surface area contributed by atoms with Crippen LogP contribution < -0.4 is 11.1 Å². The van der Waals surface area contributed by atoms with Crippen molar-refractivity contribution < 1.29 is 9.47 Å². The second kappa shape index (κ2) is 11.0. The monoisotopic (exact) mass is 441 g/mol. The van der Waals surface area contributed by atoms with E-state index in [9.17, 15) is 0 Å². The predicted molar refractivity (Wildman–Crippen MR) is 109 cm³/mol. The van der Waals surface area contributed by atoms with Gasteiger partial charge in [0.05, 0.1) is 19.8 Å². The summed E-state index contributed by atoms with van der Waals surface area (Å²) in [6.45, 7) is 1.59. The Labute approximate surface area is 160 Å². The fourth-order valence-corrected chi connectivity index (χ4v) is 2.28. The largest absolute Gasteiger partial charge is 0.380 e. The molecule has 6 heteroatoms. The number of methoxy groups -OCH3 is 2. The zero-order valence-corrected chi connectivity index (χ0v) is 16.3. The zero-order valence-electron chi connectivity index (χ0n) is 14.0. The molecule has 0 saturated heterocycles. The molecule has 0 radical (unpaired) electrons. The maximum Gasteiger partial charge on any atom is 0.193 e. The normalized spacial score (nSPS) is 11.0. The molecule has 0 amide bonds. The summed E-state index contributed by atoms with van der Waals surface area (Å²) in [5.41, 5.74) is 10.2. The molecule has 0 unspecified atom stereocenters. The van der Waals surface area contributed by atoms with E-state index < -0.39 is 0 Å². The van der Waals surface area contributed by atoms with Crippen LogP contribution in [0.1, 0.15) is 16.7 Å². The Morgan fingerprint density at radius 1 is 0.917 bits per heavy atom. The topological polar surface area (TPSA) is 68.9 Å². The lowest BCUT2D eigenvalue weighted by Gasteiger charge is -2.11. The number of ether oxygens (including phenoxy) is 2. The molecule has 0 aliphatic carbocycles. The quantitative estimate of drug-likeness (QED) is 0.392. The second-order valence-electron chi connectivity index (χ2n) is 5.12. The maximum absolute atomic E-state index is 6.01. The Hall–Kier alpha value is -1.64. The standard InChI is InChI=1S/C18H23N3O2.HI/c1-22-12-15-8-4-3-7-14(15)11-20-18(19)21-17-10-6-5-9-16(17)13-23-2;/h3-10H,11-13H2,1-2H3,(H3,19,20,21);1H. The molecule has 0 fully saturated rings. The highest BCUT2D eigenvalue weighted by Crippen LogP contribution is 2.16. The molecule has 0 atom stereocenters. The fourth-order valence-electron chi connectivity index (χ4n) is 2.28. The number of guanidine groups is 1. The molecule has 2 aromatic rings. The lowest BCUT2D eigenvalue weighted by atomic mass is 10.1. The maximum atomic E-state index is 6.01. The molecule has 0 aromatic heterocycles. The summed E-state index contributed by atoms with van der Waals surface area (Å²) in [4.78, 5) is 4.42. The van der Waals surface area contributed by atoms with E-state index in [0.29, 0.717) is 25.7 Å². The van der Waals surface area contributed by atoms with Crippen molar-refractivity contribution in [3.8, 4) is 0 Å². The minimum absolute atomic E-state index is 0. The molecule has 0 aliphatic heterocycles. The number of nitrogens with two attached hydrogens (primary N) is 1. The van der Waals surface area contributed by atoms with Gasteiger partial charge in [-0.2, -0.15) is 0 Å². The molecule has 24 heavy (non-hydrogen) atoms. The number of hydrogen-bond acceptors (Lipinski definition) is 3. The van der Waals surface area contributed by atoms with E-state index in [2.05, 4.69) is 10.3 Å². The van der Waals surface area contributed by atoms with Crippen molar-refractivity contribution in [2.75, 3.05) is 19.5 Å². The molecule has 0 heterocycles. The summed E-state index contributed by atoms with van der Waals surface area (Å²) < 4.78 is 10.4. The smallest absolute Gasteiger partial charge is 0.193 e. The highest BCUT2D eigenvalue weighted by molar-refractivity contribution is 14.0. The van der Waals surface area contributed by atoms with Gasteiger partial charge in [-0.25, -0.2) is 4.99 Å². The molecule has 3 N–H and O–H groups in total. The van der Waals surface area contributed by atoms with Crippen molar-refractivity contribution in [1.82, 2.24) is 0 Å². The first-order chi connectivity index (χ1) is 11.2. The van der Waals surface area contributed by atoms with Gasteiger partial charge in [-0.15, -0.1) is 24.0 Å². The van der Waals surface area contributed by atoms with Gasteiger partial charge in [0, 0.05) is 25.5 Å². The molecule has 130 valence electrons. The van der Waals surface area contributed by atoms with E-state index in [1.165, 1.54) is 0 Å². The highest BCUT2D eigenvalue weighted by Gasteiger charge is 2.04. The van der Waals surface area contributed by atoms with Crippen molar-refractivity contribution in [2.45, 2.75) is 19.8 Å². The van der Waals surface area contributed by atoms with E-state index in [-0.39, 0.29) is 24.0 Å². The molecular weight excluding hydrogens is 417 g/mol. The summed E-state index contributed by atoms with van der Waals surface area (Å²) in [5, 5.41) is 3.13. The van der Waals surface area contributed by atoms with E-state index >= 15 is 0 Å². The lowest BCUT2D eigenvalue weighted by molar-refractivity contribution is 0.184. The zero-order chi connectivity index (χ0) is 16.5. The average Bonchev–Trinajstić information content (AvgIpc) is 2.56. The first kappa shape index (κ1) is 20.4. The molecular formula is C18H24IN3O2. The van der Waals surface area contributed by atoms with Gasteiger partial charge in [-0.1, -0.05) is 42.5 Å². The van der Waals surface area contributed by atoms with Crippen molar-refractivity contribution in [3.05, 3.63) is 65.2 Å². The van der Waals surface area contributed by atoms with Gasteiger partial charge in [-0.05, 0) is 17.2 Å². The fraction of sp³-hybridized carbons (Fsp3) is 0.278. The highest BCUT2D eigenvalue weighted by atomic mass is 127. The van der Waals surface area contributed by atoms with Crippen LogP contribution in [0.2, 0.25) is 0 Å². The Morgan fingerprint density at radius 3 is 2.12 bits per heavy atom. The van der Waals surface area contributed by atoms with Crippen molar-refractivity contribution in [3.63, 3.8) is 0 Å². The van der Waals surface area contributed by atoms with E-state index in [1.807, 2.05) is 48.5 Å². The summed E-state index contributed by atoms with van der Waals surface area (Å²) >= 11 is 0. The van der Waals surface area contributed by atoms with Crippen molar-refractivity contribution >= 4 is 35.6 Å². The van der Waals surface area contributed by atoms with Crippen LogP contribution in [-0.2, 0) is 29.2 Å². The first-order valence-electron chi connectivity index (χ1n) is 7.44. The number of aliphatic imine (C=N–C) groups is 1. The van der Waals surface area contributed by atoms with Gasteiger partial charge < -0.3 is 20.5 Å². The summed E-state index contributed by atoms with van der Waals surface area (Å²) in [6, 6.07) is 15.9. The molecule has 2 aromatic carbocycles. The summed E-state index contributed by atoms with van der Waals surface area (Å²) in [5.74, 6) is 0.376. The molecule has 0 bridgehead atoms. The number of nitrogens with zero attached hydrogens (tertiary/aromatic N) is 1. The van der Waals surface area contributed by atoms with E-state index in [0.717, 1.165) is 22.4 Å². The Balaban J connectivity index is 0.00000288. The number of hydrogen-bond donors (Lipinski definition) is 2. The summed E-state index contributed by atoms with van der Waals surface area (Å²) in [6.07, 6.45) is 0. The van der Waals surface area contributed by atoms with Crippen LogP contribution in [0.4, 0.5) is 5.69 Å². The van der Waals surface area contributed by atoms with Crippen LogP contribution in [0, 0.1) is 0 Å². The lowest BCUT2D eigenvalue weighted by Crippen LogP contribution is -2.23. The molecule has 5 nitrogen and oxygen atoms in total. The van der Waals surface area contributed by atoms with E-state index in [4.69, 9.17) is 15.2 Å². The second-order valence-corrected chi connectivity index (χ2v) is 5.12. The average molecular weight is 441 g/mol. The van der Waals surface area contributed by atoms with Crippen LogP contribution >= 0.6 is 24.0 Å².